The van der Waals surface area contributed by atoms with Gasteiger partial charge in [-0.1, -0.05) is 6.08 Å². The van der Waals surface area contributed by atoms with Gasteiger partial charge in [-0.3, -0.25) is 4.99 Å². The molecule has 7 nitrogen and oxygen atoms in total. The lowest BCUT2D eigenvalue weighted by Crippen LogP contribution is -2.40. The van der Waals surface area contributed by atoms with Gasteiger partial charge in [0.25, 0.3) is 0 Å². The Morgan fingerprint density at radius 3 is 2.55 bits per heavy atom. The Kier molecular flexibility index (Phi) is 13.2. The number of amides is 1. The van der Waals surface area contributed by atoms with Crippen molar-refractivity contribution in [3.05, 3.63) is 12.7 Å². The van der Waals surface area contributed by atoms with Crippen molar-refractivity contribution in [2.75, 3.05) is 39.9 Å². The highest BCUT2D eigenvalue weighted by Crippen LogP contribution is 2.09. The molecule has 3 N–H and O–H groups in total. The second kappa shape index (κ2) is 12.5. The van der Waals surface area contributed by atoms with Crippen LogP contribution in [0.4, 0.5) is 4.79 Å². The zero-order chi connectivity index (χ0) is 16.3. The zero-order valence-electron chi connectivity index (χ0n) is 13.9. The van der Waals surface area contributed by atoms with Crippen LogP contribution < -0.4 is 11.1 Å². The van der Waals surface area contributed by atoms with E-state index >= 15 is 0 Å². The molecule has 1 amide bonds. The summed E-state index contributed by atoms with van der Waals surface area (Å²) in [4.78, 5) is 17.7. The van der Waals surface area contributed by atoms with Crippen molar-refractivity contribution in [2.24, 2.45) is 10.7 Å². The second-order valence-electron chi connectivity index (χ2n) is 5.40. The number of carbonyl (C=O) groups excluding carboxylic acids is 1. The van der Waals surface area contributed by atoms with Crippen LogP contribution in [-0.2, 0) is 9.47 Å². The number of methoxy groups -OCH3 is 1. The molecule has 0 spiro atoms. The third-order valence-corrected chi connectivity index (χ3v) is 2.30. The smallest absolute Gasteiger partial charge is 0.410 e. The predicted octanol–water partition coefficient (Wildman–Crippen LogP) is 1.58. The van der Waals surface area contributed by atoms with E-state index in [-0.39, 0.29) is 30.1 Å². The van der Waals surface area contributed by atoms with Crippen molar-refractivity contribution in [1.29, 1.82) is 0 Å². The van der Waals surface area contributed by atoms with Crippen LogP contribution in [-0.4, -0.2) is 62.4 Å². The molecular formula is C14H29IN4O3. The summed E-state index contributed by atoms with van der Waals surface area (Å²) in [6.07, 6.45) is 1.31. The lowest BCUT2D eigenvalue weighted by atomic mass is 10.2. The van der Waals surface area contributed by atoms with Gasteiger partial charge in [0.15, 0.2) is 5.96 Å². The number of nitrogens with zero attached hydrogens (tertiary/aromatic N) is 2. The van der Waals surface area contributed by atoms with Gasteiger partial charge in [0.2, 0.25) is 0 Å². The molecule has 0 aromatic carbocycles. The predicted molar refractivity (Wildman–Crippen MR) is 99.8 cm³/mol. The van der Waals surface area contributed by atoms with Crippen LogP contribution >= 0.6 is 24.0 Å². The Morgan fingerprint density at radius 1 is 1.41 bits per heavy atom. The van der Waals surface area contributed by atoms with Crippen LogP contribution in [0.25, 0.3) is 0 Å². The van der Waals surface area contributed by atoms with Crippen molar-refractivity contribution in [2.45, 2.75) is 26.4 Å². The van der Waals surface area contributed by atoms with E-state index in [9.17, 15) is 4.79 Å². The van der Waals surface area contributed by atoms with Gasteiger partial charge in [0.05, 0.1) is 13.2 Å². The maximum absolute atomic E-state index is 12.1. The molecule has 0 aliphatic rings. The first-order valence-electron chi connectivity index (χ1n) is 6.91. The molecule has 0 aromatic rings. The fourth-order valence-electron chi connectivity index (χ4n) is 1.35. The summed E-state index contributed by atoms with van der Waals surface area (Å²) in [7, 11) is 1.59. The van der Waals surface area contributed by atoms with Gasteiger partial charge in [0, 0.05) is 26.7 Å². The van der Waals surface area contributed by atoms with Crippen LogP contribution in [0.2, 0.25) is 0 Å². The maximum Gasteiger partial charge on any atom is 0.410 e. The molecule has 0 fully saturated rings. The van der Waals surface area contributed by atoms with Gasteiger partial charge >= 0.3 is 6.09 Å². The minimum absolute atomic E-state index is 0. The van der Waals surface area contributed by atoms with Crippen molar-refractivity contribution in [3.63, 3.8) is 0 Å². The Balaban J connectivity index is 0. The number of rotatable bonds is 8. The Labute approximate surface area is 150 Å². The first kappa shape index (κ1) is 23.2. The summed E-state index contributed by atoms with van der Waals surface area (Å²) in [6, 6.07) is 0. The molecule has 0 aromatic heterocycles. The van der Waals surface area contributed by atoms with E-state index in [0.717, 1.165) is 0 Å². The molecule has 0 heterocycles. The normalized spacial score (nSPS) is 11.4. The van der Waals surface area contributed by atoms with Gasteiger partial charge in [0.1, 0.15) is 5.60 Å². The number of aliphatic imine (C=N–C) groups is 1. The summed E-state index contributed by atoms with van der Waals surface area (Å²) in [5.74, 6) is 0.325. The Bertz CT molecular complexity index is 356. The standard InChI is InChI=1S/C14H28N4O3.HI/c1-6-7-16-12(15)17-8-9-18(10-11-20-5)13(19)21-14(2,3)4;/h6H,1,7-11H2,2-5H3,(H3,15,16,17);1H. The van der Waals surface area contributed by atoms with Crippen molar-refractivity contribution in [1.82, 2.24) is 10.2 Å². The Hall–Kier alpha value is -1.03. The molecule has 0 atom stereocenters. The highest BCUT2D eigenvalue weighted by molar-refractivity contribution is 14.0. The molecule has 0 saturated heterocycles. The summed E-state index contributed by atoms with van der Waals surface area (Å²) in [5, 5.41) is 2.87. The fourth-order valence-corrected chi connectivity index (χ4v) is 1.35. The molecule has 0 saturated carbocycles. The third kappa shape index (κ3) is 12.7. The summed E-state index contributed by atoms with van der Waals surface area (Å²) in [6.45, 7) is 11.3. The van der Waals surface area contributed by atoms with E-state index in [0.29, 0.717) is 38.7 Å². The summed E-state index contributed by atoms with van der Waals surface area (Å²) >= 11 is 0. The van der Waals surface area contributed by atoms with E-state index < -0.39 is 5.60 Å². The monoisotopic (exact) mass is 428 g/mol. The molecule has 0 radical (unpaired) electrons. The van der Waals surface area contributed by atoms with Gasteiger partial charge in [-0.25, -0.2) is 4.79 Å². The highest BCUT2D eigenvalue weighted by Gasteiger charge is 2.21. The fraction of sp³-hybridized carbons (Fsp3) is 0.714. The van der Waals surface area contributed by atoms with Crippen molar-refractivity contribution in [3.8, 4) is 0 Å². The van der Waals surface area contributed by atoms with E-state index in [1.807, 2.05) is 20.8 Å². The van der Waals surface area contributed by atoms with E-state index in [1.54, 1.807) is 18.1 Å². The molecule has 130 valence electrons. The minimum atomic E-state index is -0.532. The van der Waals surface area contributed by atoms with Gasteiger partial charge < -0.3 is 25.4 Å². The highest BCUT2D eigenvalue weighted by atomic mass is 127. The summed E-state index contributed by atoms with van der Waals surface area (Å²) < 4.78 is 10.3. The largest absolute Gasteiger partial charge is 0.444 e. The van der Waals surface area contributed by atoms with Crippen LogP contribution in [0.1, 0.15) is 20.8 Å². The minimum Gasteiger partial charge on any atom is -0.444 e. The molecule has 0 aliphatic heterocycles. The van der Waals surface area contributed by atoms with Gasteiger partial charge in [-0.05, 0) is 20.8 Å². The quantitative estimate of drug-likeness (QED) is 0.265. The van der Waals surface area contributed by atoms with Crippen molar-refractivity contribution < 1.29 is 14.3 Å². The van der Waals surface area contributed by atoms with Crippen LogP contribution in [0.3, 0.4) is 0 Å². The molecule has 22 heavy (non-hydrogen) atoms. The SMILES string of the molecule is C=CCNC(N)=NCCN(CCOC)C(=O)OC(C)(C)C.I. The average Bonchev–Trinajstić information content (AvgIpc) is 2.38. The van der Waals surface area contributed by atoms with Gasteiger partial charge in [-0.2, -0.15) is 0 Å². The van der Waals surface area contributed by atoms with E-state index in [2.05, 4.69) is 16.9 Å². The number of guanidine groups is 1. The molecular weight excluding hydrogens is 399 g/mol. The van der Waals surface area contributed by atoms with Crippen LogP contribution in [0.5, 0.6) is 0 Å². The Morgan fingerprint density at radius 2 is 2.05 bits per heavy atom. The number of hydrogen-bond donors (Lipinski definition) is 2. The van der Waals surface area contributed by atoms with Crippen molar-refractivity contribution >= 4 is 36.0 Å². The molecule has 0 aliphatic carbocycles. The van der Waals surface area contributed by atoms with E-state index in [1.165, 1.54) is 0 Å². The van der Waals surface area contributed by atoms with Crippen LogP contribution in [0.15, 0.2) is 17.6 Å². The molecule has 8 heteroatoms. The van der Waals surface area contributed by atoms with E-state index in [4.69, 9.17) is 15.2 Å². The molecule has 0 rings (SSSR count). The lowest BCUT2D eigenvalue weighted by molar-refractivity contribution is 0.0208. The lowest BCUT2D eigenvalue weighted by Gasteiger charge is -2.26. The molecule has 0 bridgehead atoms. The number of halogens is 1. The number of hydrogen-bond acceptors (Lipinski definition) is 4. The first-order chi connectivity index (χ1) is 9.80. The number of nitrogens with two attached hydrogens (primary N) is 1. The molecule has 0 unspecified atom stereocenters. The number of ether oxygens (including phenoxy) is 2. The summed E-state index contributed by atoms with van der Waals surface area (Å²) in [5.41, 5.74) is 5.12. The number of nitrogens with one attached hydrogen (secondary N) is 1. The third-order valence-electron chi connectivity index (χ3n) is 2.30. The number of carbonyl (C=O) groups is 1. The van der Waals surface area contributed by atoms with Gasteiger partial charge in [-0.15, -0.1) is 30.6 Å². The first-order valence-corrected chi connectivity index (χ1v) is 6.91. The topological polar surface area (TPSA) is 89.2 Å². The maximum atomic E-state index is 12.1. The zero-order valence-corrected chi connectivity index (χ0v) is 16.3. The van der Waals surface area contributed by atoms with Crippen LogP contribution in [0, 0.1) is 0 Å². The second-order valence-corrected chi connectivity index (χ2v) is 5.40. The average molecular weight is 428 g/mol.